The number of hydrogen-bond donors (Lipinski definition) is 0. The molecule has 0 saturated heterocycles. The first-order chi connectivity index (χ1) is 7.66. The first-order valence-corrected chi connectivity index (χ1v) is 5.92. The fourth-order valence-electron chi connectivity index (χ4n) is 2.33. The zero-order chi connectivity index (χ0) is 11.5. The Kier molecular flexibility index (Phi) is 3.44. The molecule has 2 rings (SSSR count). The summed E-state index contributed by atoms with van der Waals surface area (Å²) in [7, 11) is 4.25. The van der Waals surface area contributed by atoms with E-state index >= 15 is 0 Å². The molecule has 1 aromatic heterocycles. The number of aryl methyl sites for hydroxylation is 1. The first-order valence-electron chi connectivity index (χ1n) is 5.92. The van der Waals surface area contributed by atoms with Gasteiger partial charge in [0.25, 0.3) is 0 Å². The number of nitrogens with zero attached hydrogens (tertiary/aromatic N) is 2. The molecule has 0 aliphatic heterocycles. The summed E-state index contributed by atoms with van der Waals surface area (Å²) in [6.45, 7) is 1.99. The molecule has 1 aliphatic carbocycles. The van der Waals surface area contributed by atoms with Gasteiger partial charge in [-0.25, -0.2) is 0 Å². The molecule has 1 fully saturated rings. The van der Waals surface area contributed by atoms with Crippen LogP contribution in [0.25, 0.3) is 0 Å². The number of ether oxygens (including phenoxy) is 1. The Bertz CT molecular complexity index is 334. The lowest BCUT2D eigenvalue weighted by Gasteiger charge is -2.26. The van der Waals surface area contributed by atoms with E-state index in [-0.39, 0.29) is 0 Å². The molecule has 0 N–H and O–H groups in total. The van der Waals surface area contributed by atoms with Gasteiger partial charge in [-0.3, -0.25) is 4.98 Å². The fraction of sp³-hybridized carbons (Fsp3) is 0.615. The predicted molar refractivity (Wildman–Crippen MR) is 64.7 cm³/mol. The molecule has 0 bridgehead atoms. The van der Waals surface area contributed by atoms with E-state index < -0.39 is 0 Å². The van der Waals surface area contributed by atoms with E-state index in [4.69, 9.17) is 4.74 Å². The summed E-state index contributed by atoms with van der Waals surface area (Å²) in [4.78, 5) is 6.52. The number of rotatable bonds is 3. The van der Waals surface area contributed by atoms with Gasteiger partial charge in [0.2, 0.25) is 0 Å². The van der Waals surface area contributed by atoms with Gasteiger partial charge in [-0.1, -0.05) is 0 Å². The van der Waals surface area contributed by atoms with Crippen molar-refractivity contribution in [3.8, 4) is 5.75 Å². The fourth-order valence-corrected chi connectivity index (χ4v) is 2.33. The van der Waals surface area contributed by atoms with Crippen molar-refractivity contribution in [1.82, 2.24) is 9.88 Å². The molecule has 2 atom stereocenters. The zero-order valence-electron chi connectivity index (χ0n) is 10.3. The lowest BCUT2D eigenvalue weighted by Crippen LogP contribution is -2.38. The van der Waals surface area contributed by atoms with E-state index in [0.29, 0.717) is 12.1 Å². The molecular formula is C13H20N2O. The molecule has 0 amide bonds. The summed E-state index contributed by atoms with van der Waals surface area (Å²) in [5.41, 5.74) is 1.03. The second-order valence-corrected chi connectivity index (χ2v) is 4.75. The van der Waals surface area contributed by atoms with Crippen molar-refractivity contribution in [3.63, 3.8) is 0 Å². The van der Waals surface area contributed by atoms with Gasteiger partial charge in [0, 0.05) is 11.7 Å². The Hall–Kier alpha value is -1.09. The lowest BCUT2D eigenvalue weighted by molar-refractivity contribution is 0.121. The van der Waals surface area contributed by atoms with Gasteiger partial charge in [0.1, 0.15) is 11.9 Å². The van der Waals surface area contributed by atoms with Crippen molar-refractivity contribution < 1.29 is 4.74 Å². The van der Waals surface area contributed by atoms with Crippen LogP contribution in [0.4, 0.5) is 0 Å². The third-order valence-electron chi connectivity index (χ3n) is 3.25. The van der Waals surface area contributed by atoms with Gasteiger partial charge in [-0.2, -0.15) is 0 Å². The van der Waals surface area contributed by atoms with Crippen LogP contribution in [0.15, 0.2) is 18.3 Å². The highest BCUT2D eigenvalue weighted by Gasteiger charge is 2.30. The smallest absolute Gasteiger partial charge is 0.138 e. The van der Waals surface area contributed by atoms with Crippen molar-refractivity contribution >= 4 is 0 Å². The molecule has 3 heteroatoms. The topological polar surface area (TPSA) is 25.4 Å². The standard InChI is InChI=1S/C13H20N2O/c1-10-7-8-11(9-14-10)16-13-6-4-5-12(13)15(2)3/h7-9,12-13H,4-6H2,1-3H3/t12-,13+/m0/s1. The minimum absolute atomic E-state index is 0.319. The summed E-state index contributed by atoms with van der Waals surface area (Å²) in [5, 5.41) is 0. The van der Waals surface area contributed by atoms with Crippen LogP contribution in [0.3, 0.4) is 0 Å². The number of likely N-dealkylation sites (N-methyl/N-ethyl adjacent to an activating group) is 1. The van der Waals surface area contributed by atoms with Crippen LogP contribution >= 0.6 is 0 Å². The maximum atomic E-state index is 6.00. The van der Waals surface area contributed by atoms with Gasteiger partial charge >= 0.3 is 0 Å². The predicted octanol–water partition coefficient (Wildman–Crippen LogP) is 2.25. The Balaban J connectivity index is 2.01. The molecule has 0 unspecified atom stereocenters. The zero-order valence-corrected chi connectivity index (χ0v) is 10.3. The average molecular weight is 220 g/mol. The van der Waals surface area contributed by atoms with E-state index in [1.54, 1.807) is 0 Å². The van der Waals surface area contributed by atoms with Crippen LogP contribution in [0.5, 0.6) is 5.75 Å². The minimum Gasteiger partial charge on any atom is -0.487 e. The number of pyridine rings is 1. The van der Waals surface area contributed by atoms with E-state index in [1.807, 2.05) is 25.3 Å². The quantitative estimate of drug-likeness (QED) is 0.781. The molecule has 1 heterocycles. The van der Waals surface area contributed by atoms with Crippen LogP contribution in [0, 0.1) is 6.92 Å². The molecule has 88 valence electrons. The van der Waals surface area contributed by atoms with Gasteiger partial charge in [0.15, 0.2) is 0 Å². The molecule has 0 radical (unpaired) electrons. The second-order valence-electron chi connectivity index (χ2n) is 4.75. The summed E-state index contributed by atoms with van der Waals surface area (Å²) in [5.74, 6) is 0.893. The number of hydrogen-bond acceptors (Lipinski definition) is 3. The van der Waals surface area contributed by atoms with Crippen LogP contribution < -0.4 is 4.74 Å². The van der Waals surface area contributed by atoms with E-state index in [9.17, 15) is 0 Å². The van der Waals surface area contributed by atoms with Crippen molar-refractivity contribution in [2.45, 2.75) is 38.3 Å². The highest BCUT2D eigenvalue weighted by atomic mass is 16.5. The first kappa shape index (κ1) is 11.4. The van der Waals surface area contributed by atoms with Gasteiger partial charge in [-0.05, 0) is 52.4 Å². The van der Waals surface area contributed by atoms with Crippen LogP contribution in [-0.2, 0) is 0 Å². The monoisotopic (exact) mass is 220 g/mol. The third kappa shape index (κ3) is 2.53. The highest BCUT2D eigenvalue weighted by Crippen LogP contribution is 2.26. The van der Waals surface area contributed by atoms with Crippen molar-refractivity contribution in [3.05, 3.63) is 24.0 Å². The minimum atomic E-state index is 0.319. The van der Waals surface area contributed by atoms with E-state index in [0.717, 1.165) is 17.9 Å². The summed E-state index contributed by atoms with van der Waals surface area (Å²) >= 11 is 0. The molecule has 3 nitrogen and oxygen atoms in total. The highest BCUT2D eigenvalue weighted by molar-refractivity contribution is 5.19. The van der Waals surface area contributed by atoms with Crippen molar-refractivity contribution in [1.29, 1.82) is 0 Å². The van der Waals surface area contributed by atoms with Crippen LogP contribution in [0.1, 0.15) is 25.0 Å². The Labute approximate surface area is 97.4 Å². The maximum Gasteiger partial charge on any atom is 0.138 e. The van der Waals surface area contributed by atoms with Gasteiger partial charge < -0.3 is 9.64 Å². The normalized spacial score (nSPS) is 25.0. The van der Waals surface area contributed by atoms with Crippen LogP contribution in [0.2, 0.25) is 0 Å². The van der Waals surface area contributed by atoms with E-state index in [2.05, 4.69) is 24.0 Å². The Morgan fingerprint density at radius 2 is 2.12 bits per heavy atom. The summed E-state index contributed by atoms with van der Waals surface area (Å²) in [6.07, 6.45) is 5.78. The van der Waals surface area contributed by atoms with E-state index in [1.165, 1.54) is 12.8 Å². The Morgan fingerprint density at radius 1 is 1.31 bits per heavy atom. The van der Waals surface area contributed by atoms with Crippen molar-refractivity contribution in [2.75, 3.05) is 14.1 Å². The molecule has 0 spiro atoms. The Morgan fingerprint density at radius 3 is 2.75 bits per heavy atom. The van der Waals surface area contributed by atoms with Crippen molar-refractivity contribution in [2.24, 2.45) is 0 Å². The summed E-state index contributed by atoms with van der Waals surface area (Å²) in [6, 6.07) is 4.55. The SMILES string of the molecule is Cc1ccc(O[C@@H]2CCC[C@@H]2N(C)C)cn1. The molecular weight excluding hydrogens is 200 g/mol. The maximum absolute atomic E-state index is 6.00. The summed E-state index contributed by atoms with van der Waals surface area (Å²) < 4.78 is 6.00. The molecule has 1 saturated carbocycles. The molecule has 16 heavy (non-hydrogen) atoms. The molecule has 0 aromatic carbocycles. The average Bonchev–Trinajstić information content (AvgIpc) is 2.69. The molecule has 1 aliphatic rings. The number of aromatic nitrogens is 1. The van der Waals surface area contributed by atoms with Gasteiger partial charge in [0.05, 0.1) is 6.20 Å². The van der Waals surface area contributed by atoms with Gasteiger partial charge in [-0.15, -0.1) is 0 Å². The molecule has 1 aromatic rings. The lowest BCUT2D eigenvalue weighted by atomic mass is 10.2. The largest absolute Gasteiger partial charge is 0.487 e. The second kappa shape index (κ2) is 4.83. The van der Waals surface area contributed by atoms with Crippen LogP contribution in [-0.4, -0.2) is 36.1 Å². The third-order valence-corrected chi connectivity index (χ3v) is 3.25.